The molecule has 1 aromatic rings. The van der Waals surface area contributed by atoms with Crippen LogP contribution in [0.3, 0.4) is 0 Å². The highest BCUT2D eigenvalue weighted by molar-refractivity contribution is 7.89. The van der Waals surface area contributed by atoms with Gasteiger partial charge in [0.05, 0.1) is 12.7 Å². The van der Waals surface area contributed by atoms with Gasteiger partial charge in [-0.1, -0.05) is 0 Å². The summed E-state index contributed by atoms with van der Waals surface area (Å²) in [5.41, 5.74) is 0.186. The lowest BCUT2D eigenvalue weighted by Gasteiger charge is -2.14. The molecule has 1 rings (SSSR count). The molecule has 0 aromatic heterocycles. The van der Waals surface area contributed by atoms with Crippen molar-refractivity contribution in [1.82, 2.24) is 5.32 Å². The third-order valence-electron chi connectivity index (χ3n) is 2.47. The molecule has 3 N–H and O–H groups in total. The van der Waals surface area contributed by atoms with Gasteiger partial charge in [0.2, 0.25) is 10.0 Å². The number of amides is 1. The average Bonchev–Trinajstić information content (AvgIpc) is 2.37. The molecular formula is C13H20N2O5S. The molecule has 21 heavy (non-hydrogen) atoms. The number of carbonyl (C=O) groups excluding carboxylic acids is 1. The Morgan fingerprint density at radius 2 is 2.05 bits per heavy atom. The van der Waals surface area contributed by atoms with Crippen LogP contribution in [-0.4, -0.2) is 40.7 Å². The SMILES string of the molecule is COCCNC(=O)c1ccc(OC(C)C)c(S(N)(=O)=O)c1. The lowest BCUT2D eigenvalue weighted by Crippen LogP contribution is -2.27. The molecule has 7 nitrogen and oxygen atoms in total. The number of ether oxygens (including phenoxy) is 2. The second-order valence-electron chi connectivity index (χ2n) is 4.62. The Hall–Kier alpha value is -1.64. The maximum Gasteiger partial charge on any atom is 0.251 e. The first-order valence-electron chi connectivity index (χ1n) is 6.36. The number of nitrogens with one attached hydrogen (secondary N) is 1. The Kier molecular flexibility index (Phi) is 6.13. The molecule has 0 unspecified atom stereocenters. The van der Waals surface area contributed by atoms with E-state index in [4.69, 9.17) is 14.6 Å². The van der Waals surface area contributed by atoms with Crippen LogP contribution in [0.2, 0.25) is 0 Å². The molecule has 0 radical (unpaired) electrons. The topological polar surface area (TPSA) is 108 Å². The third-order valence-corrected chi connectivity index (χ3v) is 3.40. The number of primary sulfonamides is 1. The molecule has 0 fully saturated rings. The van der Waals surface area contributed by atoms with Crippen molar-refractivity contribution in [2.45, 2.75) is 24.8 Å². The molecule has 118 valence electrons. The number of hydrogen-bond donors (Lipinski definition) is 2. The van der Waals surface area contributed by atoms with Crippen LogP contribution in [0.4, 0.5) is 0 Å². The van der Waals surface area contributed by atoms with E-state index in [1.165, 1.54) is 25.3 Å². The zero-order chi connectivity index (χ0) is 16.0. The first-order valence-corrected chi connectivity index (χ1v) is 7.91. The first kappa shape index (κ1) is 17.4. The second-order valence-corrected chi connectivity index (χ2v) is 6.15. The molecule has 0 spiro atoms. The number of nitrogens with two attached hydrogens (primary N) is 1. The summed E-state index contributed by atoms with van der Waals surface area (Å²) in [6.45, 7) is 4.21. The second kappa shape index (κ2) is 7.39. The summed E-state index contributed by atoms with van der Waals surface area (Å²) < 4.78 is 33.4. The Balaban J connectivity index is 3.07. The van der Waals surface area contributed by atoms with Gasteiger partial charge in [-0.3, -0.25) is 4.79 Å². The minimum atomic E-state index is -3.99. The van der Waals surface area contributed by atoms with E-state index < -0.39 is 15.9 Å². The van der Waals surface area contributed by atoms with Gasteiger partial charge in [0.1, 0.15) is 10.6 Å². The van der Waals surface area contributed by atoms with E-state index in [-0.39, 0.29) is 22.3 Å². The largest absolute Gasteiger partial charge is 0.490 e. The van der Waals surface area contributed by atoms with Gasteiger partial charge in [-0.2, -0.15) is 0 Å². The zero-order valence-corrected chi connectivity index (χ0v) is 13.1. The molecule has 8 heteroatoms. The zero-order valence-electron chi connectivity index (χ0n) is 12.3. The quantitative estimate of drug-likeness (QED) is 0.712. The van der Waals surface area contributed by atoms with Gasteiger partial charge in [-0.15, -0.1) is 0 Å². The van der Waals surface area contributed by atoms with E-state index >= 15 is 0 Å². The number of hydrogen-bond acceptors (Lipinski definition) is 5. The molecule has 0 saturated heterocycles. The first-order chi connectivity index (χ1) is 9.75. The van der Waals surface area contributed by atoms with Gasteiger partial charge in [0, 0.05) is 19.2 Å². The van der Waals surface area contributed by atoms with E-state index in [1.807, 2.05) is 0 Å². The minimum absolute atomic E-state index is 0.126. The Morgan fingerprint density at radius 1 is 1.38 bits per heavy atom. The summed E-state index contributed by atoms with van der Waals surface area (Å²) in [5, 5.41) is 7.76. The third kappa shape index (κ3) is 5.33. The molecule has 1 aromatic carbocycles. The van der Waals surface area contributed by atoms with Crippen molar-refractivity contribution in [1.29, 1.82) is 0 Å². The van der Waals surface area contributed by atoms with Crippen LogP contribution in [0.25, 0.3) is 0 Å². The molecular weight excluding hydrogens is 296 g/mol. The van der Waals surface area contributed by atoms with Gasteiger partial charge in [-0.05, 0) is 32.0 Å². The summed E-state index contributed by atoms with van der Waals surface area (Å²) in [6, 6.07) is 4.11. The van der Waals surface area contributed by atoms with Crippen LogP contribution < -0.4 is 15.2 Å². The number of benzene rings is 1. The van der Waals surface area contributed by atoms with Gasteiger partial charge in [-0.25, -0.2) is 13.6 Å². The van der Waals surface area contributed by atoms with Crippen molar-refractivity contribution in [3.63, 3.8) is 0 Å². The summed E-state index contributed by atoms with van der Waals surface area (Å²) in [6.07, 6.45) is -0.216. The number of sulfonamides is 1. The molecule has 0 aliphatic rings. The van der Waals surface area contributed by atoms with Gasteiger partial charge >= 0.3 is 0 Å². The summed E-state index contributed by atoms with van der Waals surface area (Å²) in [5.74, 6) is -0.283. The van der Waals surface area contributed by atoms with E-state index in [2.05, 4.69) is 5.32 Å². The van der Waals surface area contributed by atoms with Crippen LogP contribution in [0.5, 0.6) is 5.75 Å². The maximum absolute atomic E-state index is 11.9. The summed E-state index contributed by atoms with van der Waals surface area (Å²) in [7, 11) is -2.47. The Morgan fingerprint density at radius 3 is 2.57 bits per heavy atom. The summed E-state index contributed by atoms with van der Waals surface area (Å²) >= 11 is 0. The number of methoxy groups -OCH3 is 1. The lowest BCUT2D eigenvalue weighted by molar-refractivity contribution is 0.0937. The van der Waals surface area contributed by atoms with Crippen LogP contribution in [-0.2, 0) is 14.8 Å². The molecule has 0 atom stereocenters. The van der Waals surface area contributed by atoms with Crippen molar-refractivity contribution in [3.05, 3.63) is 23.8 Å². The normalized spacial score (nSPS) is 11.5. The molecule has 0 aliphatic carbocycles. The average molecular weight is 316 g/mol. The highest BCUT2D eigenvalue weighted by Crippen LogP contribution is 2.25. The van der Waals surface area contributed by atoms with Crippen molar-refractivity contribution < 1.29 is 22.7 Å². The van der Waals surface area contributed by atoms with Gasteiger partial charge in [0.15, 0.2) is 0 Å². The Bertz CT molecular complexity index is 599. The predicted octanol–water partition coefficient (Wildman–Crippen LogP) is 0.497. The van der Waals surface area contributed by atoms with Gasteiger partial charge in [0.25, 0.3) is 5.91 Å². The van der Waals surface area contributed by atoms with E-state index in [0.717, 1.165) is 0 Å². The summed E-state index contributed by atoms with van der Waals surface area (Å²) in [4.78, 5) is 11.7. The van der Waals surface area contributed by atoms with Crippen LogP contribution in [0.1, 0.15) is 24.2 Å². The Labute approximate surface area is 124 Å². The predicted molar refractivity (Wildman–Crippen MR) is 77.8 cm³/mol. The van der Waals surface area contributed by atoms with Crippen molar-refractivity contribution in [2.24, 2.45) is 5.14 Å². The molecule has 1 amide bonds. The van der Waals surface area contributed by atoms with Crippen LogP contribution in [0.15, 0.2) is 23.1 Å². The smallest absolute Gasteiger partial charge is 0.251 e. The fourth-order valence-corrected chi connectivity index (χ4v) is 2.28. The van der Waals surface area contributed by atoms with Crippen LogP contribution in [0, 0.1) is 0 Å². The fraction of sp³-hybridized carbons (Fsp3) is 0.462. The molecule has 0 aliphatic heterocycles. The van der Waals surface area contributed by atoms with Crippen molar-refractivity contribution in [2.75, 3.05) is 20.3 Å². The minimum Gasteiger partial charge on any atom is -0.490 e. The lowest BCUT2D eigenvalue weighted by atomic mass is 10.2. The monoisotopic (exact) mass is 316 g/mol. The van der Waals surface area contributed by atoms with Crippen molar-refractivity contribution in [3.8, 4) is 5.75 Å². The van der Waals surface area contributed by atoms with E-state index in [9.17, 15) is 13.2 Å². The number of carbonyl (C=O) groups is 1. The standard InChI is InChI=1S/C13H20N2O5S/c1-9(2)20-11-5-4-10(8-12(11)21(14,17)18)13(16)15-6-7-19-3/h4-5,8-9H,6-7H2,1-3H3,(H,15,16)(H2,14,17,18). The molecule has 0 saturated carbocycles. The molecule has 0 bridgehead atoms. The highest BCUT2D eigenvalue weighted by Gasteiger charge is 2.19. The van der Waals surface area contributed by atoms with E-state index in [0.29, 0.717) is 13.2 Å². The number of rotatable bonds is 7. The fourth-order valence-electron chi connectivity index (χ4n) is 1.59. The maximum atomic E-state index is 11.9. The van der Waals surface area contributed by atoms with E-state index in [1.54, 1.807) is 13.8 Å². The van der Waals surface area contributed by atoms with Crippen molar-refractivity contribution >= 4 is 15.9 Å². The molecule has 0 heterocycles. The highest BCUT2D eigenvalue weighted by atomic mass is 32.2. The van der Waals surface area contributed by atoms with Crippen LogP contribution >= 0.6 is 0 Å². The van der Waals surface area contributed by atoms with Gasteiger partial charge < -0.3 is 14.8 Å².